The van der Waals surface area contributed by atoms with E-state index in [9.17, 15) is 0 Å². The third-order valence-corrected chi connectivity index (χ3v) is 6.18. The van der Waals surface area contributed by atoms with Crippen molar-refractivity contribution in [3.63, 3.8) is 0 Å². The van der Waals surface area contributed by atoms with Crippen LogP contribution in [0.4, 0.5) is 11.4 Å². The molecular formula is C30H34N2O2. The molecule has 0 atom stereocenters. The number of fused-ring (bicyclic) bond motifs is 1. The molecule has 4 rings (SSSR count). The van der Waals surface area contributed by atoms with Gasteiger partial charge in [-0.2, -0.15) is 0 Å². The van der Waals surface area contributed by atoms with E-state index in [-0.39, 0.29) is 0 Å². The number of benzene rings is 4. The van der Waals surface area contributed by atoms with Crippen LogP contribution in [-0.4, -0.2) is 26.2 Å². The number of hydrogen-bond acceptors (Lipinski definition) is 4. The molecule has 0 unspecified atom stereocenters. The average molecular weight is 455 g/mol. The van der Waals surface area contributed by atoms with Gasteiger partial charge in [0, 0.05) is 26.2 Å². The molecule has 176 valence electrons. The van der Waals surface area contributed by atoms with Gasteiger partial charge in [0.15, 0.2) is 11.5 Å². The van der Waals surface area contributed by atoms with Gasteiger partial charge >= 0.3 is 0 Å². The van der Waals surface area contributed by atoms with Crippen molar-refractivity contribution in [3.05, 3.63) is 84.9 Å². The predicted molar refractivity (Wildman–Crippen MR) is 144 cm³/mol. The van der Waals surface area contributed by atoms with Crippen LogP contribution in [0, 0.1) is 0 Å². The highest BCUT2D eigenvalue weighted by Crippen LogP contribution is 2.36. The van der Waals surface area contributed by atoms with Crippen molar-refractivity contribution in [2.24, 2.45) is 0 Å². The highest BCUT2D eigenvalue weighted by atomic mass is 16.5. The minimum Gasteiger partial charge on any atom is -0.455 e. The predicted octanol–water partition coefficient (Wildman–Crippen LogP) is 8.12. The van der Waals surface area contributed by atoms with Crippen molar-refractivity contribution in [2.75, 3.05) is 36.0 Å². The second-order valence-electron chi connectivity index (χ2n) is 8.15. The molecule has 0 heterocycles. The monoisotopic (exact) mass is 454 g/mol. The van der Waals surface area contributed by atoms with E-state index in [4.69, 9.17) is 9.47 Å². The molecule has 4 aromatic rings. The molecular weight excluding hydrogens is 420 g/mol. The summed E-state index contributed by atoms with van der Waals surface area (Å²) in [6, 6.07) is 28.8. The van der Waals surface area contributed by atoms with E-state index in [0.717, 1.165) is 71.3 Å². The topological polar surface area (TPSA) is 24.9 Å². The summed E-state index contributed by atoms with van der Waals surface area (Å²) in [5, 5.41) is 2.23. The van der Waals surface area contributed by atoms with Gasteiger partial charge in [0.05, 0.1) is 11.4 Å². The van der Waals surface area contributed by atoms with E-state index < -0.39 is 0 Å². The molecule has 0 aliphatic carbocycles. The first-order valence-corrected chi connectivity index (χ1v) is 12.2. The maximum atomic E-state index is 6.35. The van der Waals surface area contributed by atoms with E-state index in [0.29, 0.717) is 0 Å². The standard InChI is InChI=1S/C30H34N2O2/c1-5-31(6-2)27-13-9-11-15-29(27)33-25-19-17-23-18-20-26(22-24(23)21-25)34-30-16-12-10-14-28(30)32(7-3)8-4/h9-22H,5-8H2,1-4H3. The van der Waals surface area contributed by atoms with Gasteiger partial charge in [-0.1, -0.05) is 36.4 Å². The summed E-state index contributed by atoms with van der Waals surface area (Å²) in [4.78, 5) is 4.60. The van der Waals surface area contributed by atoms with E-state index in [1.54, 1.807) is 0 Å². The Labute approximate surface area is 203 Å². The summed E-state index contributed by atoms with van der Waals surface area (Å²) in [6.07, 6.45) is 0. The summed E-state index contributed by atoms with van der Waals surface area (Å²) in [6.45, 7) is 12.4. The second kappa shape index (κ2) is 11.0. The number of para-hydroxylation sites is 4. The van der Waals surface area contributed by atoms with Gasteiger partial charge in [0.2, 0.25) is 0 Å². The fourth-order valence-corrected chi connectivity index (χ4v) is 4.32. The van der Waals surface area contributed by atoms with Crippen molar-refractivity contribution >= 4 is 22.1 Å². The lowest BCUT2D eigenvalue weighted by atomic mass is 10.1. The number of anilines is 2. The van der Waals surface area contributed by atoms with E-state index >= 15 is 0 Å². The van der Waals surface area contributed by atoms with Gasteiger partial charge in [-0.15, -0.1) is 0 Å². The number of nitrogens with zero attached hydrogens (tertiary/aromatic N) is 2. The molecule has 0 aromatic heterocycles. The van der Waals surface area contributed by atoms with Crippen LogP contribution in [-0.2, 0) is 0 Å². The second-order valence-corrected chi connectivity index (χ2v) is 8.15. The largest absolute Gasteiger partial charge is 0.455 e. The van der Waals surface area contributed by atoms with Gasteiger partial charge in [-0.25, -0.2) is 0 Å². The summed E-state index contributed by atoms with van der Waals surface area (Å²) < 4.78 is 12.7. The molecule has 4 aromatic carbocycles. The van der Waals surface area contributed by atoms with Crippen LogP contribution in [0.3, 0.4) is 0 Å². The summed E-state index contributed by atoms with van der Waals surface area (Å²) in [5.41, 5.74) is 2.22. The lowest BCUT2D eigenvalue weighted by Gasteiger charge is -2.24. The lowest BCUT2D eigenvalue weighted by molar-refractivity contribution is 0.481. The zero-order chi connectivity index (χ0) is 23.9. The Morgan fingerprint density at radius 2 is 0.912 bits per heavy atom. The third-order valence-electron chi connectivity index (χ3n) is 6.18. The Bertz CT molecular complexity index is 1140. The van der Waals surface area contributed by atoms with Crippen LogP contribution in [0.1, 0.15) is 27.7 Å². The van der Waals surface area contributed by atoms with Crippen molar-refractivity contribution in [3.8, 4) is 23.0 Å². The first-order valence-electron chi connectivity index (χ1n) is 12.2. The molecule has 4 heteroatoms. The molecule has 0 amide bonds. The zero-order valence-electron chi connectivity index (χ0n) is 20.6. The first kappa shape index (κ1) is 23.5. The minimum absolute atomic E-state index is 0.813. The molecule has 0 aliphatic heterocycles. The Morgan fingerprint density at radius 1 is 0.500 bits per heavy atom. The van der Waals surface area contributed by atoms with Crippen molar-refractivity contribution in [1.82, 2.24) is 0 Å². The van der Waals surface area contributed by atoms with Crippen LogP contribution in [0.5, 0.6) is 23.0 Å². The van der Waals surface area contributed by atoms with Crippen molar-refractivity contribution in [1.29, 1.82) is 0 Å². The molecule has 0 aliphatic rings. The van der Waals surface area contributed by atoms with Crippen LogP contribution in [0.25, 0.3) is 10.8 Å². The number of ether oxygens (including phenoxy) is 2. The van der Waals surface area contributed by atoms with Gasteiger partial charge < -0.3 is 19.3 Å². The maximum Gasteiger partial charge on any atom is 0.150 e. The Balaban J connectivity index is 1.62. The Hall–Kier alpha value is -3.66. The fourth-order valence-electron chi connectivity index (χ4n) is 4.32. The normalized spacial score (nSPS) is 10.8. The average Bonchev–Trinajstić information content (AvgIpc) is 2.87. The molecule has 0 radical (unpaired) electrons. The van der Waals surface area contributed by atoms with Crippen molar-refractivity contribution in [2.45, 2.75) is 27.7 Å². The first-order chi connectivity index (χ1) is 16.7. The van der Waals surface area contributed by atoms with E-state index in [1.165, 1.54) is 0 Å². The van der Waals surface area contributed by atoms with Crippen LogP contribution in [0.15, 0.2) is 84.9 Å². The highest BCUT2D eigenvalue weighted by Gasteiger charge is 2.12. The molecule has 0 saturated heterocycles. The summed E-state index contributed by atoms with van der Waals surface area (Å²) in [5.74, 6) is 3.36. The van der Waals surface area contributed by atoms with E-state index in [1.807, 2.05) is 36.4 Å². The molecule has 0 bridgehead atoms. The third kappa shape index (κ3) is 5.12. The fraction of sp³-hybridized carbons (Fsp3) is 0.267. The van der Waals surface area contributed by atoms with Gasteiger partial charge in [0.1, 0.15) is 11.5 Å². The molecule has 4 nitrogen and oxygen atoms in total. The molecule has 0 N–H and O–H groups in total. The smallest absolute Gasteiger partial charge is 0.150 e. The van der Waals surface area contributed by atoms with Crippen molar-refractivity contribution < 1.29 is 9.47 Å². The Kier molecular flexibility index (Phi) is 7.58. The number of hydrogen-bond donors (Lipinski definition) is 0. The van der Waals surface area contributed by atoms with Gasteiger partial charge in [0.25, 0.3) is 0 Å². The van der Waals surface area contributed by atoms with Crippen LogP contribution < -0.4 is 19.3 Å². The van der Waals surface area contributed by atoms with Gasteiger partial charge in [-0.3, -0.25) is 0 Å². The molecule has 0 fully saturated rings. The quantitative estimate of drug-likeness (QED) is 0.242. The van der Waals surface area contributed by atoms with Crippen LogP contribution in [0.2, 0.25) is 0 Å². The highest BCUT2D eigenvalue weighted by molar-refractivity contribution is 5.85. The molecule has 0 saturated carbocycles. The number of rotatable bonds is 10. The summed E-state index contributed by atoms with van der Waals surface area (Å²) >= 11 is 0. The minimum atomic E-state index is 0.813. The van der Waals surface area contributed by atoms with Gasteiger partial charge in [-0.05, 0) is 87.0 Å². The Morgan fingerprint density at radius 3 is 1.32 bits per heavy atom. The lowest BCUT2D eigenvalue weighted by Crippen LogP contribution is -2.22. The van der Waals surface area contributed by atoms with E-state index in [2.05, 4.69) is 86.0 Å². The molecule has 0 spiro atoms. The SMILES string of the molecule is CCN(CC)c1ccccc1Oc1ccc2ccc(Oc3ccccc3N(CC)CC)cc2c1. The molecule has 34 heavy (non-hydrogen) atoms. The summed E-state index contributed by atoms with van der Waals surface area (Å²) in [7, 11) is 0. The van der Waals surface area contributed by atoms with Crippen LogP contribution >= 0.6 is 0 Å². The maximum absolute atomic E-state index is 6.35. The zero-order valence-corrected chi connectivity index (χ0v) is 20.6.